The zero-order valence-corrected chi connectivity index (χ0v) is 11.1. The van der Waals surface area contributed by atoms with Crippen LogP contribution >= 0.6 is 0 Å². The Labute approximate surface area is 115 Å². The van der Waals surface area contributed by atoms with E-state index in [4.69, 9.17) is 9.84 Å². The fourth-order valence-corrected chi connectivity index (χ4v) is 2.01. The first-order valence-corrected chi connectivity index (χ1v) is 5.94. The normalized spacial score (nSPS) is 10.1. The second kappa shape index (κ2) is 5.52. The van der Waals surface area contributed by atoms with E-state index >= 15 is 0 Å². The van der Waals surface area contributed by atoms with Gasteiger partial charge in [-0.25, -0.2) is 4.79 Å². The van der Waals surface area contributed by atoms with Crippen molar-refractivity contribution in [1.82, 2.24) is 4.98 Å². The van der Waals surface area contributed by atoms with E-state index in [2.05, 4.69) is 4.98 Å². The molecule has 2 aromatic rings. The molecule has 0 bridgehead atoms. The molecule has 5 heteroatoms. The number of carbonyl (C=O) groups is 2. The number of aromatic nitrogens is 1. The van der Waals surface area contributed by atoms with E-state index in [9.17, 15) is 9.59 Å². The average Bonchev–Trinajstić information content (AvgIpc) is 2.37. The molecule has 0 aliphatic rings. The standard InChI is InChI=1S/C15H13NO4/c1-9-3-11(4-10(2)16-9)12-5-13(15(18)19)7-14(6-12)20-8-17/h3-8H,1-2H3,(H,18,19). The number of carbonyl (C=O) groups excluding carboxylic acids is 1. The van der Waals surface area contributed by atoms with E-state index in [1.807, 2.05) is 26.0 Å². The summed E-state index contributed by atoms with van der Waals surface area (Å²) in [5, 5.41) is 9.10. The van der Waals surface area contributed by atoms with Crippen LogP contribution in [0.3, 0.4) is 0 Å². The van der Waals surface area contributed by atoms with Crippen molar-refractivity contribution in [2.45, 2.75) is 13.8 Å². The summed E-state index contributed by atoms with van der Waals surface area (Å²) in [6.07, 6.45) is 0. The number of aromatic carboxylic acids is 1. The van der Waals surface area contributed by atoms with E-state index in [1.165, 1.54) is 12.1 Å². The van der Waals surface area contributed by atoms with Gasteiger partial charge in [-0.1, -0.05) is 0 Å². The van der Waals surface area contributed by atoms with Gasteiger partial charge in [0, 0.05) is 11.4 Å². The topological polar surface area (TPSA) is 76.5 Å². The molecule has 1 N–H and O–H groups in total. The Morgan fingerprint density at radius 3 is 2.25 bits per heavy atom. The van der Waals surface area contributed by atoms with Crippen molar-refractivity contribution >= 4 is 12.4 Å². The summed E-state index contributed by atoms with van der Waals surface area (Å²) in [5.41, 5.74) is 3.22. The highest BCUT2D eigenvalue weighted by Gasteiger charge is 2.10. The Hall–Kier alpha value is -2.69. The largest absolute Gasteiger partial charge is 0.478 e. The number of hydrogen-bond donors (Lipinski definition) is 1. The molecule has 0 fully saturated rings. The summed E-state index contributed by atoms with van der Waals surface area (Å²) < 4.78 is 4.76. The molecular weight excluding hydrogens is 258 g/mol. The Morgan fingerprint density at radius 1 is 1.10 bits per heavy atom. The first-order valence-electron chi connectivity index (χ1n) is 5.94. The van der Waals surface area contributed by atoms with Gasteiger partial charge >= 0.3 is 5.97 Å². The molecule has 0 radical (unpaired) electrons. The van der Waals surface area contributed by atoms with Crippen molar-refractivity contribution in [2.75, 3.05) is 0 Å². The lowest BCUT2D eigenvalue weighted by Crippen LogP contribution is -1.99. The smallest absolute Gasteiger partial charge is 0.335 e. The fourth-order valence-electron chi connectivity index (χ4n) is 2.01. The van der Waals surface area contributed by atoms with Gasteiger partial charge in [0.2, 0.25) is 0 Å². The molecule has 0 aliphatic carbocycles. The molecule has 102 valence electrons. The van der Waals surface area contributed by atoms with Crippen molar-refractivity contribution < 1.29 is 19.4 Å². The van der Waals surface area contributed by atoms with E-state index in [1.54, 1.807) is 6.07 Å². The molecule has 20 heavy (non-hydrogen) atoms. The maximum Gasteiger partial charge on any atom is 0.335 e. The SMILES string of the molecule is Cc1cc(-c2cc(OC=O)cc(C(=O)O)c2)cc(C)n1. The third kappa shape index (κ3) is 3.00. The molecule has 0 saturated carbocycles. The predicted molar refractivity (Wildman–Crippen MR) is 72.8 cm³/mol. The highest BCUT2D eigenvalue weighted by Crippen LogP contribution is 2.27. The molecular formula is C15H13NO4. The van der Waals surface area contributed by atoms with Crippen molar-refractivity contribution in [3.63, 3.8) is 0 Å². The van der Waals surface area contributed by atoms with E-state index in [-0.39, 0.29) is 17.8 Å². The summed E-state index contributed by atoms with van der Waals surface area (Å²) in [6.45, 7) is 3.99. The third-order valence-corrected chi connectivity index (χ3v) is 2.75. The van der Waals surface area contributed by atoms with Gasteiger partial charge in [-0.15, -0.1) is 0 Å². The Morgan fingerprint density at radius 2 is 1.70 bits per heavy atom. The summed E-state index contributed by atoms with van der Waals surface area (Å²) >= 11 is 0. The molecule has 0 aliphatic heterocycles. The number of carboxylic acid groups (broad SMARTS) is 1. The fraction of sp³-hybridized carbons (Fsp3) is 0.133. The van der Waals surface area contributed by atoms with Gasteiger partial charge in [-0.05, 0) is 55.3 Å². The quantitative estimate of drug-likeness (QED) is 0.865. The second-order valence-electron chi connectivity index (χ2n) is 4.40. The highest BCUT2D eigenvalue weighted by molar-refractivity contribution is 5.90. The van der Waals surface area contributed by atoms with Crippen LogP contribution in [0.2, 0.25) is 0 Å². The lowest BCUT2D eigenvalue weighted by molar-refractivity contribution is -0.120. The first-order chi connectivity index (χ1) is 9.49. The number of nitrogens with zero attached hydrogens (tertiary/aromatic N) is 1. The monoisotopic (exact) mass is 271 g/mol. The van der Waals surface area contributed by atoms with E-state index < -0.39 is 5.97 Å². The summed E-state index contributed by atoms with van der Waals surface area (Å²) in [4.78, 5) is 25.8. The maximum absolute atomic E-state index is 11.1. The predicted octanol–water partition coefficient (Wildman–Crippen LogP) is 2.60. The van der Waals surface area contributed by atoms with Gasteiger partial charge in [-0.2, -0.15) is 0 Å². The lowest BCUT2D eigenvalue weighted by atomic mass is 10.0. The van der Waals surface area contributed by atoms with Crippen LogP contribution in [0.1, 0.15) is 21.7 Å². The number of hydrogen-bond acceptors (Lipinski definition) is 4. The van der Waals surface area contributed by atoms with Crippen LogP contribution in [0.4, 0.5) is 0 Å². The Balaban J connectivity index is 2.59. The average molecular weight is 271 g/mol. The van der Waals surface area contributed by atoms with E-state index in [0.29, 0.717) is 5.56 Å². The van der Waals surface area contributed by atoms with Gasteiger partial charge in [0.15, 0.2) is 0 Å². The molecule has 5 nitrogen and oxygen atoms in total. The number of carboxylic acids is 1. The Kier molecular flexibility index (Phi) is 3.79. The van der Waals surface area contributed by atoms with Gasteiger partial charge in [-0.3, -0.25) is 9.78 Å². The zero-order chi connectivity index (χ0) is 14.7. The molecule has 1 heterocycles. The van der Waals surface area contributed by atoms with Crippen LogP contribution in [0.15, 0.2) is 30.3 Å². The summed E-state index contributed by atoms with van der Waals surface area (Å²) in [5.74, 6) is -0.882. The van der Waals surface area contributed by atoms with Crippen LogP contribution in [0, 0.1) is 13.8 Å². The summed E-state index contributed by atoms with van der Waals surface area (Å²) in [6, 6.07) is 8.15. The molecule has 0 unspecified atom stereocenters. The molecule has 2 rings (SSSR count). The highest BCUT2D eigenvalue weighted by atomic mass is 16.5. The Bertz CT molecular complexity index is 659. The number of rotatable bonds is 4. The first kappa shape index (κ1) is 13.7. The zero-order valence-electron chi connectivity index (χ0n) is 11.1. The van der Waals surface area contributed by atoms with E-state index in [0.717, 1.165) is 17.0 Å². The van der Waals surface area contributed by atoms with Crippen molar-refractivity contribution in [1.29, 1.82) is 0 Å². The molecule has 1 aromatic carbocycles. The molecule has 1 aromatic heterocycles. The maximum atomic E-state index is 11.1. The molecule has 0 saturated heterocycles. The van der Waals surface area contributed by atoms with Crippen molar-refractivity contribution in [3.05, 3.63) is 47.3 Å². The van der Waals surface area contributed by atoms with Crippen LogP contribution < -0.4 is 4.74 Å². The lowest BCUT2D eigenvalue weighted by Gasteiger charge is -2.08. The van der Waals surface area contributed by atoms with Gasteiger partial charge in [0.25, 0.3) is 6.47 Å². The van der Waals surface area contributed by atoms with Gasteiger partial charge in [0.1, 0.15) is 5.75 Å². The second-order valence-corrected chi connectivity index (χ2v) is 4.40. The number of ether oxygens (including phenoxy) is 1. The van der Waals surface area contributed by atoms with Crippen LogP contribution in [-0.4, -0.2) is 22.5 Å². The minimum Gasteiger partial charge on any atom is -0.478 e. The van der Waals surface area contributed by atoms with Gasteiger partial charge in [0.05, 0.1) is 5.56 Å². The summed E-state index contributed by atoms with van der Waals surface area (Å²) in [7, 11) is 0. The van der Waals surface area contributed by atoms with Crippen molar-refractivity contribution in [2.24, 2.45) is 0 Å². The number of aryl methyl sites for hydroxylation is 2. The minimum absolute atomic E-state index is 0.0615. The van der Waals surface area contributed by atoms with Crippen molar-refractivity contribution in [3.8, 4) is 16.9 Å². The molecule has 0 atom stereocenters. The number of pyridine rings is 1. The molecule has 0 spiro atoms. The van der Waals surface area contributed by atoms with Gasteiger partial charge < -0.3 is 9.84 Å². The number of benzene rings is 1. The third-order valence-electron chi connectivity index (χ3n) is 2.75. The van der Waals surface area contributed by atoms with Crippen LogP contribution in [-0.2, 0) is 4.79 Å². The molecule has 0 amide bonds. The van der Waals surface area contributed by atoms with Crippen LogP contribution in [0.5, 0.6) is 5.75 Å². The minimum atomic E-state index is -1.08. The van der Waals surface area contributed by atoms with Crippen LogP contribution in [0.25, 0.3) is 11.1 Å².